The van der Waals surface area contributed by atoms with E-state index < -0.39 is 0 Å². The van der Waals surface area contributed by atoms with Crippen LogP contribution in [0.2, 0.25) is 0 Å². The van der Waals surface area contributed by atoms with Crippen LogP contribution in [0.1, 0.15) is 58.8 Å². The van der Waals surface area contributed by atoms with E-state index in [1.807, 2.05) is 0 Å². The Kier molecular flexibility index (Phi) is 15.2. The summed E-state index contributed by atoms with van der Waals surface area (Å²) in [5.41, 5.74) is 0. The van der Waals surface area contributed by atoms with Crippen LogP contribution in [0.4, 0.5) is 0 Å². The number of likely N-dealkylation sites (N-methyl/N-ethyl adjacent to an activating group) is 1. The lowest BCUT2D eigenvalue weighted by Crippen LogP contribution is -2.47. The van der Waals surface area contributed by atoms with Gasteiger partial charge in [-0.05, 0) is 31.1 Å². The fourth-order valence-corrected chi connectivity index (χ4v) is 3.44. The summed E-state index contributed by atoms with van der Waals surface area (Å²) in [6, 6.07) is 0. The Bertz CT molecular complexity index is 505. The molecule has 1 saturated heterocycles. The summed E-state index contributed by atoms with van der Waals surface area (Å²) >= 11 is 0. The van der Waals surface area contributed by atoms with Gasteiger partial charge in [-0.1, -0.05) is 33.1 Å². The average molecular weight is 524 g/mol. The zero-order valence-corrected chi connectivity index (χ0v) is 21.3. The second kappa shape index (κ2) is 15.7. The van der Waals surface area contributed by atoms with Crippen molar-refractivity contribution >= 4 is 41.8 Å². The van der Waals surface area contributed by atoms with Crippen molar-refractivity contribution in [1.82, 2.24) is 20.4 Å². The summed E-state index contributed by atoms with van der Waals surface area (Å²) in [5.74, 6) is 2.01. The van der Waals surface area contributed by atoms with Crippen molar-refractivity contribution in [2.75, 3.05) is 47.3 Å². The van der Waals surface area contributed by atoms with E-state index in [1.165, 1.54) is 19.3 Å². The molecule has 0 aromatic rings. The number of halogens is 1. The standard InChI is InChI=1S/C21H41N5O2.HI/c1-6-8-9-17(7-2)15-23-21(24-16-20(28)25(4)5)26-12-10-18(11-13-26)14-19(27)22-3;/h17-18H,6-16H2,1-5H3,(H,22,27)(H,23,24);1H. The normalized spacial score (nSPS) is 16.0. The second-order valence-electron chi connectivity index (χ2n) is 8.03. The van der Waals surface area contributed by atoms with Crippen molar-refractivity contribution in [3.8, 4) is 0 Å². The van der Waals surface area contributed by atoms with Gasteiger partial charge in [0.2, 0.25) is 11.8 Å². The Balaban J connectivity index is 0.00000784. The molecule has 29 heavy (non-hydrogen) atoms. The van der Waals surface area contributed by atoms with Crippen LogP contribution in [0.15, 0.2) is 4.99 Å². The first kappa shape index (κ1) is 27.9. The molecule has 1 aliphatic rings. The smallest absolute Gasteiger partial charge is 0.243 e. The minimum absolute atomic E-state index is 0. The topological polar surface area (TPSA) is 77.0 Å². The van der Waals surface area contributed by atoms with Gasteiger partial charge >= 0.3 is 0 Å². The summed E-state index contributed by atoms with van der Waals surface area (Å²) in [6.07, 6.45) is 7.37. The average Bonchev–Trinajstić information content (AvgIpc) is 2.70. The Morgan fingerprint density at radius 3 is 2.38 bits per heavy atom. The molecule has 0 bridgehead atoms. The van der Waals surface area contributed by atoms with Gasteiger partial charge in [-0.15, -0.1) is 24.0 Å². The van der Waals surface area contributed by atoms with Crippen LogP contribution in [0.3, 0.4) is 0 Å². The SMILES string of the molecule is CCCCC(CC)CNC(=NCC(=O)N(C)C)N1CCC(CC(=O)NC)CC1.I. The number of hydrogen-bond donors (Lipinski definition) is 2. The molecule has 1 heterocycles. The molecule has 1 unspecified atom stereocenters. The minimum Gasteiger partial charge on any atom is -0.359 e. The van der Waals surface area contributed by atoms with Crippen LogP contribution in [-0.2, 0) is 9.59 Å². The molecule has 8 heteroatoms. The van der Waals surface area contributed by atoms with E-state index in [1.54, 1.807) is 26.0 Å². The fraction of sp³-hybridized carbons (Fsp3) is 0.857. The number of carbonyl (C=O) groups excluding carboxylic acids is 2. The Hall–Kier alpha value is -1.06. The third kappa shape index (κ3) is 11.1. The molecule has 0 aromatic heterocycles. The Morgan fingerprint density at radius 2 is 1.86 bits per heavy atom. The highest BCUT2D eigenvalue weighted by Gasteiger charge is 2.24. The van der Waals surface area contributed by atoms with Crippen molar-refractivity contribution < 1.29 is 9.59 Å². The van der Waals surface area contributed by atoms with E-state index in [0.717, 1.165) is 44.9 Å². The molecular formula is C21H42IN5O2. The highest BCUT2D eigenvalue weighted by atomic mass is 127. The van der Waals surface area contributed by atoms with Crippen LogP contribution in [0, 0.1) is 11.8 Å². The van der Waals surface area contributed by atoms with Gasteiger partial charge in [0, 0.05) is 47.2 Å². The number of nitrogens with zero attached hydrogens (tertiary/aromatic N) is 3. The van der Waals surface area contributed by atoms with Gasteiger partial charge in [0.1, 0.15) is 6.54 Å². The van der Waals surface area contributed by atoms with Crippen molar-refractivity contribution in [1.29, 1.82) is 0 Å². The Morgan fingerprint density at radius 1 is 1.21 bits per heavy atom. The lowest BCUT2D eigenvalue weighted by molar-refractivity contribution is -0.127. The third-order valence-electron chi connectivity index (χ3n) is 5.62. The quantitative estimate of drug-likeness (QED) is 0.262. The van der Waals surface area contributed by atoms with Crippen LogP contribution in [0.25, 0.3) is 0 Å². The molecular weight excluding hydrogens is 481 g/mol. The number of guanidine groups is 1. The van der Waals surface area contributed by atoms with Crippen LogP contribution < -0.4 is 10.6 Å². The first-order valence-electron chi connectivity index (χ1n) is 10.8. The number of aliphatic imine (C=N–C) groups is 1. The molecule has 170 valence electrons. The van der Waals surface area contributed by atoms with Crippen molar-refractivity contribution in [3.05, 3.63) is 0 Å². The number of piperidine rings is 1. The summed E-state index contributed by atoms with van der Waals surface area (Å²) in [4.78, 5) is 32.1. The predicted molar refractivity (Wildman–Crippen MR) is 131 cm³/mol. The lowest BCUT2D eigenvalue weighted by atomic mass is 9.93. The van der Waals surface area contributed by atoms with Gasteiger partial charge in [-0.3, -0.25) is 9.59 Å². The molecule has 0 radical (unpaired) electrons. The van der Waals surface area contributed by atoms with E-state index in [2.05, 4.69) is 34.4 Å². The van der Waals surface area contributed by atoms with E-state index in [9.17, 15) is 9.59 Å². The first-order chi connectivity index (χ1) is 13.4. The second-order valence-corrected chi connectivity index (χ2v) is 8.03. The maximum Gasteiger partial charge on any atom is 0.243 e. The molecule has 1 atom stereocenters. The summed E-state index contributed by atoms with van der Waals surface area (Å²) in [5, 5.41) is 6.25. The molecule has 1 fully saturated rings. The molecule has 1 aliphatic heterocycles. The number of carbonyl (C=O) groups is 2. The number of amides is 2. The minimum atomic E-state index is 0. The number of nitrogens with one attached hydrogen (secondary N) is 2. The highest BCUT2D eigenvalue weighted by Crippen LogP contribution is 2.20. The van der Waals surface area contributed by atoms with Crippen molar-refractivity contribution in [3.63, 3.8) is 0 Å². The van der Waals surface area contributed by atoms with Crippen molar-refractivity contribution in [2.24, 2.45) is 16.8 Å². The monoisotopic (exact) mass is 523 g/mol. The molecule has 0 aliphatic carbocycles. The molecule has 2 N–H and O–H groups in total. The molecule has 0 aromatic carbocycles. The van der Waals surface area contributed by atoms with E-state index in [4.69, 9.17) is 0 Å². The number of hydrogen-bond acceptors (Lipinski definition) is 3. The van der Waals surface area contributed by atoms with E-state index >= 15 is 0 Å². The largest absolute Gasteiger partial charge is 0.359 e. The van der Waals surface area contributed by atoms with E-state index in [-0.39, 0.29) is 42.3 Å². The maximum atomic E-state index is 12.0. The highest BCUT2D eigenvalue weighted by molar-refractivity contribution is 14.0. The van der Waals surface area contributed by atoms with Crippen LogP contribution >= 0.6 is 24.0 Å². The number of unbranched alkanes of at least 4 members (excludes halogenated alkanes) is 1. The number of rotatable bonds is 10. The molecule has 1 rings (SSSR count). The molecule has 0 spiro atoms. The molecule has 0 saturated carbocycles. The summed E-state index contributed by atoms with van der Waals surface area (Å²) in [6.45, 7) is 7.26. The van der Waals surface area contributed by atoms with Gasteiger partial charge in [0.15, 0.2) is 5.96 Å². The Labute approximate surface area is 194 Å². The molecule has 2 amide bonds. The van der Waals surface area contributed by atoms with Crippen LogP contribution in [-0.4, -0.2) is 74.9 Å². The third-order valence-corrected chi connectivity index (χ3v) is 5.62. The molecule has 7 nitrogen and oxygen atoms in total. The summed E-state index contributed by atoms with van der Waals surface area (Å²) < 4.78 is 0. The van der Waals surface area contributed by atoms with Gasteiger partial charge in [-0.25, -0.2) is 4.99 Å². The van der Waals surface area contributed by atoms with Crippen LogP contribution in [0.5, 0.6) is 0 Å². The van der Waals surface area contributed by atoms with Gasteiger partial charge in [0.05, 0.1) is 0 Å². The zero-order valence-electron chi connectivity index (χ0n) is 19.0. The first-order valence-corrected chi connectivity index (χ1v) is 10.8. The maximum absolute atomic E-state index is 12.0. The van der Waals surface area contributed by atoms with E-state index in [0.29, 0.717) is 18.3 Å². The van der Waals surface area contributed by atoms with Crippen molar-refractivity contribution in [2.45, 2.75) is 58.8 Å². The zero-order chi connectivity index (χ0) is 20.9. The van der Waals surface area contributed by atoms with Gasteiger partial charge < -0.3 is 20.4 Å². The van der Waals surface area contributed by atoms with Gasteiger partial charge in [-0.2, -0.15) is 0 Å². The lowest BCUT2D eigenvalue weighted by Gasteiger charge is -2.34. The van der Waals surface area contributed by atoms with Gasteiger partial charge in [0.25, 0.3) is 0 Å². The summed E-state index contributed by atoms with van der Waals surface area (Å²) in [7, 11) is 5.21. The fourth-order valence-electron chi connectivity index (χ4n) is 3.44. The predicted octanol–water partition coefficient (Wildman–Crippen LogP) is 2.70. The number of likely N-dealkylation sites (tertiary alicyclic amines) is 1.